The number of oxime groups is 1. The van der Waals surface area contributed by atoms with Crippen molar-refractivity contribution in [1.82, 2.24) is 20.1 Å². The Morgan fingerprint density at radius 3 is 2.72 bits per heavy atom. The van der Waals surface area contributed by atoms with E-state index in [2.05, 4.69) is 25.2 Å². The highest BCUT2D eigenvalue weighted by Gasteiger charge is 2.29. The van der Waals surface area contributed by atoms with Crippen molar-refractivity contribution in [1.29, 1.82) is 0 Å². The molecule has 1 amide bonds. The Morgan fingerprint density at radius 1 is 1.32 bits per heavy atom. The highest BCUT2D eigenvalue weighted by Crippen LogP contribution is 2.37. The maximum atomic E-state index is 12.3. The smallest absolute Gasteiger partial charge is 0.251 e. The van der Waals surface area contributed by atoms with Crippen LogP contribution in [0.2, 0.25) is 0 Å². The van der Waals surface area contributed by atoms with Crippen molar-refractivity contribution in [3.8, 4) is 11.4 Å². The van der Waals surface area contributed by atoms with Gasteiger partial charge in [-0.05, 0) is 38.8 Å². The molecule has 0 atom stereocenters. The van der Waals surface area contributed by atoms with Gasteiger partial charge in [0, 0.05) is 23.6 Å². The van der Waals surface area contributed by atoms with Gasteiger partial charge in [-0.3, -0.25) is 4.79 Å². The normalized spacial score (nSPS) is 18.6. The van der Waals surface area contributed by atoms with Crippen molar-refractivity contribution in [2.24, 2.45) is 5.16 Å². The molecule has 0 spiro atoms. The molecule has 1 aliphatic heterocycles. The van der Waals surface area contributed by atoms with Crippen molar-refractivity contribution < 1.29 is 9.63 Å². The van der Waals surface area contributed by atoms with Gasteiger partial charge >= 0.3 is 0 Å². The molecule has 2 aliphatic rings. The second-order valence-corrected chi connectivity index (χ2v) is 7.24. The summed E-state index contributed by atoms with van der Waals surface area (Å²) in [6.45, 7) is 4.36. The van der Waals surface area contributed by atoms with E-state index in [0.717, 1.165) is 23.5 Å². The molecule has 7 heteroatoms. The number of benzene rings is 1. The molecule has 1 saturated carbocycles. The van der Waals surface area contributed by atoms with Gasteiger partial charge in [-0.25, -0.2) is 0 Å². The number of aromatic nitrogens is 3. The molecule has 0 saturated heterocycles. The standard InChI is InChI=1S/C18H21N5O2/c1-18(2)9-14(22-25-18)10-19-17(24)13-5-3-12(4-6-13)16-21-20-11-23(16)15-7-8-15/h3-6,11,15H,7-10H2,1-2H3,(H,19,24). The number of carbonyl (C=O) groups is 1. The molecule has 1 N–H and O–H groups in total. The van der Waals surface area contributed by atoms with Crippen LogP contribution in [0.25, 0.3) is 11.4 Å². The van der Waals surface area contributed by atoms with E-state index in [9.17, 15) is 4.79 Å². The Kier molecular flexibility index (Phi) is 3.78. The molecular formula is C18H21N5O2. The zero-order valence-electron chi connectivity index (χ0n) is 14.4. The van der Waals surface area contributed by atoms with Crippen molar-refractivity contribution >= 4 is 11.6 Å². The van der Waals surface area contributed by atoms with Crippen LogP contribution in [0.15, 0.2) is 35.7 Å². The summed E-state index contributed by atoms with van der Waals surface area (Å²) in [5.74, 6) is 0.733. The lowest BCUT2D eigenvalue weighted by atomic mass is 10.0. The largest absolute Gasteiger partial charge is 0.389 e. The minimum atomic E-state index is -0.279. The van der Waals surface area contributed by atoms with Crippen LogP contribution >= 0.6 is 0 Å². The monoisotopic (exact) mass is 339 g/mol. The third-order valence-corrected chi connectivity index (χ3v) is 4.42. The molecule has 25 heavy (non-hydrogen) atoms. The van der Waals surface area contributed by atoms with Crippen LogP contribution < -0.4 is 5.32 Å². The second-order valence-electron chi connectivity index (χ2n) is 7.24. The number of amides is 1. The van der Waals surface area contributed by atoms with Gasteiger partial charge in [0.25, 0.3) is 5.91 Å². The number of rotatable bonds is 5. The third kappa shape index (κ3) is 3.40. The first kappa shape index (κ1) is 15.8. The highest BCUT2D eigenvalue weighted by atomic mass is 16.7. The fourth-order valence-corrected chi connectivity index (χ4v) is 2.96. The van der Waals surface area contributed by atoms with Crippen molar-refractivity contribution in [3.05, 3.63) is 36.2 Å². The number of carbonyl (C=O) groups excluding carboxylic acids is 1. The second kappa shape index (κ2) is 5.98. The zero-order chi connectivity index (χ0) is 17.4. The van der Waals surface area contributed by atoms with E-state index < -0.39 is 0 Å². The first-order valence-corrected chi connectivity index (χ1v) is 8.54. The maximum Gasteiger partial charge on any atom is 0.251 e. The van der Waals surface area contributed by atoms with Crippen LogP contribution in [0, 0.1) is 0 Å². The lowest BCUT2D eigenvalue weighted by molar-refractivity contribution is 0.0123. The number of nitrogens with zero attached hydrogens (tertiary/aromatic N) is 4. The Labute approximate surface area is 146 Å². The number of hydrogen-bond acceptors (Lipinski definition) is 5. The van der Waals surface area contributed by atoms with Crippen LogP contribution in [0.3, 0.4) is 0 Å². The van der Waals surface area contributed by atoms with E-state index in [-0.39, 0.29) is 11.5 Å². The summed E-state index contributed by atoms with van der Waals surface area (Å²) < 4.78 is 2.11. The molecule has 1 aromatic carbocycles. The molecule has 0 unspecified atom stereocenters. The minimum absolute atomic E-state index is 0.123. The summed E-state index contributed by atoms with van der Waals surface area (Å²) in [6, 6.07) is 7.97. The summed E-state index contributed by atoms with van der Waals surface area (Å²) in [6.07, 6.45) is 4.86. The fourth-order valence-electron chi connectivity index (χ4n) is 2.96. The molecule has 1 aromatic heterocycles. The van der Waals surface area contributed by atoms with Crippen molar-refractivity contribution in [2.75, 3.05) is 6.54 Å². The Balaban J connectivity index is 1.40. The summed E-state index contributed by atoms with van der Waals surface area (Å²) in [7, 11) is 0. The molecule has 4 rings (SSSR count). The first-order valence-electron chi connectivity index (χ1n) is 8.54. The van der Waals surface area contributed by atoms with E-state index in [4.69, 9.17) is 4.84 Å². The van der Waals surface area contributed by atoms with Crippen molar-refractivity contribution in [2.45, 2.75) is 44.8 Å². The Morgan fingerprint density at radius 2 is 2.08 bits per heavy atom. The van der Waals surface area contributed by atoms with E-state index in [0.29, 0.717) is 18.2 Å². The summed E-state index contributed by atoms with van der Waals surface area (Å²) in [4.78, 5) is 17.6. The number of hydrogen-bond donors (Lipinski definition) is 1. The van der Waals surface area contributed by atoms with Gasteiger partial charge in [0.1, 0.15) is 11.9 Å². The molecule has 0 bridgehead atoms. The van der Waals surface area contributed by atoms with Gasteiger partial charge in [0.2, 0.25) is 0 Å². The van der Waals surface area contributed by atoms with Crippen LogP contribution in [-0.2, 0) is 4.84 Å². The van der Waals surface area contributed by atoms with Gasteiger partial charge in [-0.2, -0.15) is 0 Å². The predicted octanol–water partition coefficient (Wildman–Crippen LogP) is 2.56. The SMILES string of the molecule is CC1(C)CC(CNC(=O)c2ccc(-c3nncn3C3CC3)cc2)=NO1. The summed E-state index contributed by atoms with van der Waals surface area (Å²) in [5.41, 5.74) is 2.16. The Hall–Kier alpha value is -2.70. The average molecular weight is 339 g/mol. The molecule has 1 aliphatic carbocycles. The maximum absolute atomic E-state index is 12.3. The lowest BCUT2D eigenvalue weighted by Gasteiger charge is -2.13. The topological polar surface area (TPSA) is 81.4 Å². The number of nitrogens with one attached hydrogen (secondary N) is 1. The summed E-state index contributed by atoms with van der Waals surface area (Å²) in [5, 5.41) is 15.1. The van der Waals surface area contributed by atoms with Crippen molar-refractivity contribution in [3.63, 3.8) is 0 Å². The molecule has 1 fully saturated rings. The third-order valence-electron chi connectivity index (χ3n) is 4.42. The van der Waals surface area contributed by atoms with Crippen LogP contribution in [0.4, 0.5) is 0 Å². The summed E-state index contributed by atoms with van der Waals surface area (Å²) >= 11 is 0. The van der Waals surface area contributed by atoms with Crippen LogP contribution in [0.5, 0.6) is 0 Å². The highest BCUT2D eigenvalue weighted by molar-refractivity contribution is 5.98. The molecule has 7 nitrogen and oxygen atoms in total. The molecular weight excluding hydrogens is 318 g/mol. The van der Waals surface area contributed by atoms with Crippen LogP contribution in [-0.4, -0.2) is 38.5 Å². The van der Waals surface area contributed by atoms with Crippen LogP contribution in [0.1, 0.15) is 49.5 Å². The lowest BCUT2D eigenvalue weighted by Crippen LogP contribution is -2.30. The van der Waals surface area contributed by atoms with E-state index in [1.165, 1.54) is 12.8 Å². The van der Waals surface area contributed by atoms with Gasteiger partial charge in [-0.1, -0.05) is 17.3 Å². The molecule has 2 heterocycles. The van der Waals surface area contributed by atoms with Gasteiger partial charge < -0.3 is 14.7 Å². The Bertz CT molecular complexity index is 818. The van der Waals surface area contributed by atoms with Gasteiger partial charge in [0.15, 0.2) is 5.82 Å². The van der Waals surface area contributed by atoms with Gasteiger partial charge in [0.05, 0.1) is 12.3 Å². The van der Waals surface area contributed by atoms with E-state index >= 15 is 0 Å². The molecule has 0 radical (unpaired) electrons. The van der Waals surface area contributed by atoms with E-state index in [1.54, 1.807) is 6.33 Å². The average Bonchev–Trinajstić information content (AvgIpc) is 3.22. The zero-order valence-corrected chi connectivity index (χ0v) is 14.4. The minimum Gasteiger partial charge on any atom is -0.389 e. The quantitative estimate of drug-likeness (QED) is 0.908. The fraction of sp³-hybridized carbons (Fsp3) is 0.444. The molecule has 2 aromatic rings. The van der Waals surface area contributed by atoms with E-state index in [1.807, 2.05) is 38.1 Å². The molecule has 130 valence electrons. The predicted molar refractivity (Wildman–Crippen MR) is 93.3 cm³/mol. The first-order chi connectivity index (χ1) is 12.0. The van der Waals surface area contributed by atoms with Gasteiger partial charge in [-0.15, -0.1) is 10.2 Å².